The maximum absolute atomic E-state index is 13.9. The summed E-state index contributed by atoms with van der Waals surface area (Å²) in [7, 11) is 0. The van der Waals surface area contributed by atoms with Crippen molar-refractivity contribution >= 4 is 22.2 Å². The Kier molecular flexibility index (Phi) is 4.00. The van der Waals surface area contributed by atoms with Gasteiger partial charge in [0.05, 0.1) is 5.00 Å². The van der Waals surface area contributed by atoms with Gasteiger partial charge in [0.2, 0.25) is 5.91 Å². The first kappa shape index (κ1) is 15.6. The normalized spacial score (nSPS) is 23.4. The van der Waals surface area contributed by atoms with E-state index in [1.807, 2.05) is 16.3 Å². The Morgan fingerprint density at radius 3 is 2.38 bits per heavy atom. The van der Waals surface area contributed by atoms with Crippen LogP contribution in [0.4, 0.5) is 13.8 Å². The maximum Gasteiger partial charge on any atom is 0.226 e. The lowest BCUT2D eigenvalue weighted by Gasteiger charge is -2.35. The number of hydrogen-bond donors (Lipinski definition) is 0. The second kappa shape index (κ2) is 6.16. The highest BCUT2D eigenvalue weighted by Crippen LogP contribution is 2.50. The highest BCUT2D eigenvalue weighted by Gasteiger charge is 2.48. The zero-order chi connectivity index (χ0) is 16.7. The molecule has 2 heterocycles. The van der Waals surface area contributed by atoms with Crippen molar-refractivity contribution in [2.24, 2.45) is 5.92 Å². The number of anilines is 1. The lowest BCUT2D eigenvalue weighted by molar-refractivity contribution is -0.132. The number of carbonyl (C=O) groups is 1. The van der Waals surface area contributed by atoms with Crippen molar-refractivity contribution in [2.75, 3.05) is 31.1 Å². The Bertz CT molecular complexity index is 721. The van der Waals surface area contributed by atoms with Crippen LogP contribution in [0.1, 0.15) is 17.9 Å². The molecule has 1 saturated heterocycles. The minimum atomic E-state index is -0.544. The second-order valence-corrected chi connectivity index (χ2v) is 7.27. The van der Waals surface area contributed by atoms with Crippen molar-refractivity contribution in [3.63, 3.8) is 0 Å². The molecule has 2 atom stereocenters. The van der Waals surface area contributed by atoms with Crippen molar-refractivity contribution < 1.29 is 13.6 Å². The summed E-state index contributed by atoms with van der Waals surface area (Å²) in [6, 6.07) is 7.99. The molecule has 1 aliphatic heterocycles. The van der Waals surface area contributed by atoms with Gasteiger partial charge >= 0.3 is 0 Å². The number of carbonyl (C=O) groups excluding carboxylic acids is 1. The molecule has 2 aliphatic rings. The summed E-state index contributed by atoms with van der Waals surface area (Å²) in [5.41, 5.74) is 0.0769. The second-order valence-electron chi connectivity index (χ2n) is 6.35. The van der Waals surface area contributed by atoms with Gasteiger partial charge in [0.25, 0.3) is 0 Å². The molecule has 1 aromatic heterocycles. The Morgan fingerprint density at radius 2 is 1.75 bits per heavy atom. The van der Waals surface area contributed by atoms with E-state index in [9.17, 15) is 13.6 Å². The van der Waals surface area contributed by atoms with E-state index in [1.165, 1.54) is 23.2 Å². The molecule has 1 amide bonds. The van der Waals surface area contributed by atoms with E-state index in [2.05, 4.69) is 11.0 Å². The summed E-state index contributed by atoms with van der Waals surface area (Å²) >= 11 is 1.70. The third-order valence-electron chi connectivity index (χ3n) is 4.89. The van der Waals surface area contributed by atoms with E-state index in [4.69, 9.17) is 0 Å². The number of thiophene rings is 1. The van der Waals surface area contributed by atoms with Crippen LogP contribution >= 0.6 is 11.3 Å². The fraction of sp³-hybridized carbons (Fsp3) is 0.389. The summed E-state index contributed by atoms with van der Waals surface area (Å²) in [6.45, 7) is 2.94. The highest BCUT2D eigenvalue weighted by molar-refractivity contribution is 7.14. The van der Waals surface area contributed by atoms with Crippen LogP contribution in [0.15, 0.2) is 35.7 Å². The molecule has 2 aromatic rings. The van der Waals surface area contributed by atoms with E-state index in [-0.39, 0.29) is 23.3 Å². The third kappa shape index (κ3) is 2.79. The SMILES string of the molecule is O=C(C1CC1c1c(F)cccc1F)N1CCN(c2cccs2)CC1. The van der Waals surface area contributed by atoms with Gasteiger partial charge in [0, 0.05) is 43.6 Å². The first-order chi connectivity index (χ1) is 11.6. The lowest BCUT2D eigenvalue weighted by atomic mass is 10.1. The molecule has 0 bridgehead atoms. The molecular formula is C18H18F2N2OS. The van der Waals surface area contributed by atoms with Crippen LogP contribution in [-0.2, 0) is 4.79 Å². The summed E-state index contributed by atoms with van der Waals surface area (Å²) in [4.78, 5) is 16.7. The van der Waals surface area contributed by atoms with E-state index >= 15 is 0 Å². The third-order valence-corrected chi connectivity index (χ3v) is 5.82. The molecule has 6 heteroatoms. The fourth-order valence-electron chi connectivity index (χ4n) is 3.48. The number of hydrogen-bond acceptors (Lipinski definition) is 3. The largest absolute Gasteiger partial charge is 0.360 e. The van der Waals surface area contributed by atoms with Crippen molar-refractivity contribution in [3.8, 4) is 0 Å². The Labute approximate surface area is 143 Å². The van der Waals surface area contributed by atoms with Crippen LogP contribution in [0.25, 0.3) is 0 Å². The molecule has 24 heavy (non-hydrogen) atoms. The van der Waals surface area contributed by atoms with Crippen LogP contribution in [0.3, 0.4) is 0 Å². The van der Waals surface area contributed by atoms with Gasteiger partial charge in [-0.2, -0.15) is 0 Å². The van der Waals surface area contributed by atoms with E-state index < -0.39 is 11.6 Å². The van der Waals surface area contributed by atoms with Crippen molar-refractivity contribution in [1.82, 2.24) is 4.90 Å². The van der Waals surface area contributed by atoms with Crippen molar-refractivity contribution in [3.05, 3.63) is 52.9 Å². The molecule has 0 radical (unpaired) electrons. The molecule has 0 N–H and O–H groups in total. The van der Waals surface area contributed by atoms with E-state index in [0.29, 0.717) is 19.5 Å². The first-order valence-electron chi connectivity index (χ1n) is 8.16. The molecule has 1 aliphatic carbocycles. The fourth-order valence-corrected chi connectivity index (χ4v) is 4.27. The zero-order valence-electron chi connectivity index (χ0n) is 13.1. The molecular weight excluding hydrogens is 330 g/mol. The number of nitrogens with zero attached hydrogens (tertiary/aromatic N) is 2. The summed E-state index contributed by atoms with van der Waals surface area (Å²) < 4.78 is 27.7. The van der Waals surface area contributed by atoms with Gasteiger partial charge in [-0.3, -0.25) is 4.79 Å². The van der Waals surface area contributed by atoms with Gasteiger partial charge in [0.15, 0.2) is 0 Å². The standard InChI is InChI=1S/C18H18F2N2OS/c19-14-3-1-4-15(20)17(14)12-11-13(12)18(23)22-8-6-21(7-9-22)16-5-2-10-24-16/h1-5,10,12-13H,6-9,11H2. The van der Waals surface area contributed by atoms with Gasteiger partial charge in [-0.1, -0.05) is 6.07 Å². The lowest BCUT2D eigenvalue weighted by Crippen LogP contribution is -2.49. The average molecular weight is 348 g/mol. The number of benzene rings is 1. The van der Waals surface area contributed by atoms with Crippen LogP contribution in [0.5, 0.6) is 0 Å². The van der Waals surface area contributed by atoms with Crippen molar-refractivity contribution in [2.45, 2.75) is 12.3 Å². The molecule has 2 fully saturated rings. The Morgan fingerprint density at radius 1 is 1.04 bits per heavy atom. The molecule has 1 saturated carbocycles. The monoisotopic (exact) mass is 348 g/mol. The van der Waals surface area contributed by atoms with Crippen LogP contribution in [-0.4, -0.2) is 37.0 Å². The molecule has 1 aromatic carbocycles. The number of rotatable bonds is 3. The van der Waals surface area contributed by atoms with Gasteiger partial charge < -0.3 is 9.80 Å². The Hall–Kier alpha value is -1.95. The van der Waals surface area contributed by atoms with Crippen LogP contribution in [0, 0.1) is 17.6 Å². The number of halogens is 2. The summed E-state index contributed by atoms with van der Waals surface area (Å²) in [6.07, 6.45) is 0.543. The zero-order valence-corrected chi connectivity index (χ0v) is 13.9. The van der Waals surface area contributed by atoms with Crippen molar-refractivity contribution in [1.29, 1.82) is 0 Å². The molecule has 4 rings (SSSR count). The van der Waals surface area contributed by atoms with Crippen LogP contribution in [0.2, 0.25) is 0 Å². The van der Waals surface area contributed by atoms with Gasteiger partial charge in [-0.25, -0.2) is 8.78 Å². The number of amides is 1. The minimum absolute atomic E-state index is 0.0356. The molecule has 2 unspecified atom stereocenters. The predicted molar refractivity (Wildman–Crippen MR) is 90.3 cm³/mol. The van der Waals surface area contributed by atoms with Gasteiger partial charge in [-0.05, 0) is 36.1 Å². The quantitative estimate of drug-likeness (QED) is 0.848. The van der Waals surface area contributed by atoms with Gasteiger partial charge in [-0.15, -0.1) is 11.3 Å². The van der Waals surface area contributed by atoms with Crippen LogP contribution < -0.4 is 4.90 Å². The average Bonchev–Trinajstić information content (AvgIpc) is 3.16. The summed E-state index contributed by atoms with van der Waals surface area (Å²) in [5, 5.41) is 3.27. The summed E-state index contributed by atoms with van der Waals surface area (Å²) in [5.74, 6) is -1.64. The number of piperazine rings is 1. The molecule has 3 nitrogen and oxygen atoms in total. The minimum Gasteiger partial charge on any atom is -0.360 e. The highest BCUT2D eigenvalue weighted by atomic mass is 32.1. The maximum atomic E-state index is 13.9. The van der Waals surface area contributed by atoms with E-state index in [0.717, 1.165) is 13.1 Å². The first-order valence-corrected chi connectivity index (χ1v) is 9.04. The van der Waals surface area contributed by atoms with Gasteiger partial charge in [0.1, 0.15) is 11.6 Å². The Balaban J connectivity index is 1.38. The molecule has 126 valence electrons. The van der Waals surface area contributed by atoms with E-state index in [1.54, 1.807) is 11.3 Å². The topological polar surface area (TPSA) is 23.6 Å². The predicted octanol–water partition coefficient (Wildman–Crippen LogP) is 3.48. The smallest absolute Gasteiger partial charge is 0.226 e. The molecule has 0 spiro atoms.